The zero-order valence-electron chi connectivity index (χ0n) is 32.2. The van der Waals surface area contributed by atoms with Gasteiger partial charge in [0.15, 0.2) is 0 Å². The first-order chi connectivity index (χ1) is 26.9. The number of unbranched alkanes of at least 4 members (excludes halogenated alkanes) is 1. The summed E-state index contributed by atoms with van der Waals surface area (Å²) in [6.45, 7) is 3.36. The molecule has 1 saturated heterocycles. The summed E-state index contributed by atoms with van der Waals surface area (Å²) in [5.41, 5.74) is 12.0. The van der Waals surface area contributed by atoms with Gasteiger partial charge in [-0.2, -0.15) is 0 Å². The van der Waals surface area contributed by atoms with Gasteiger partial charge in [-0.05, 0) is 63.0 Å². The number of aliphatic carboxylic acids is 3. The molecule has 0 unspecified atom stereocenters. The molecule has 0 saturated carbocycles. The smallest absolute Gasteiger partial charge is 0.326 e. The number of hydrogen-bond donors (Lipinski definition) is 10. The molecular formula is C37H56N8O12. The second-order valence-corrected chi connectivity index (χ2v) is 14.3. The average molecular weight is 805 g/mol. The Morgan fingerprint density at radius 1 is 0.772 bits per heavy atom. The summed E-state index contributed by atoms with van der Waals surface area (Å²) >= 11 is 0. The number of carbonyl (C=O) groups is 9. The number of amides is 6. The van der Waals surface area contributed by atoms with Crippen molar-refractivity contribution < 1.29 is 58.5 Å². The van der Waals surface area contributed by atoms with Gasteiger partial charge in [-0.25, -0.2) is 4.79 Å². The number of carboxylic acids is 3. The summed E-state index contributed by atoms with van der Waals surface area (Å²) in [6.07, 6.45) is 0.224. The Kier molecular flexibility index (Phi) is 20.1. The third kappa shape index (κ3) is 17.0. The third-order valence-corrected chi connectivity index (χ3v) is 9.12. The van der Waals surface area contributed by atoms with E-state index in [1.807, 2.05) is 13.8 Å². The molecule has 20 heteroatoms. The van der Waals surface area contributed by atoms with Gasteiger partial charge in [-0.15, -0.1) is 0 Å². The Hall–Kier alpha value is -5.63. The van der Waals surface area contributed by atoms with Gasteiger partial charge in [0.1, 0.15) is 30.2 Å². The Morgan fingerprint density at radius 3 is 2.00 bits per heavy atom. The fourth-order valence-electron chi connectivity index (χ4n) is 6.12. The Morgan fingerprint density at radius 2 is 1.40 bits per heavy atom. The largest absolute Gasteiger partial charge is 0.481 e. The highest BCUT2D eigenvalue weighted by molar-refractivity contribution is 5.97. The maximum atomic E-state index is 13.8. The molecule has 1 heterocycles. The van der Waals surface area contributed by atoms with Crippen LogP contribution in [0, 0.1) is 5.92 Å². The SMILES string of the molecule is CC(C)C[C@H](NC(=O)[C@H](Cc1ccccc1)NC(=O)[C@H](CCCCN)NC(=O)[C@@H]1CCCN1C(=O)CNC(=O)[C@H](CC(=O)O)NC(=O)[C@@H](N)CCC(=O)O)C(=O)O. The van der Waals surface area contributed by atoms with Crippen LogP contribution in [0.4, 0.5) is 0 Å². The molecule has 20 nitrogen and oxygen atoms in total. The summed E-state index contributed by atoms with van der Waals surface area (Å²) in [7, 11) is 0. The highest BCUT2D eigenvalue weighted by atomic mass is 16.4. The molecule has 0 radical (unpaired) electrons. The molecule has 1 fully saturated rings. The molecule has 1 aromatic rings. The van der Waals surface area contributed by atoms with Gasteiger partial charge in [0.05, 0.1) is 19.0 Å². The van der Waals surface area contributed by atoms with Crippen molar-refractivity contribution in [2.75, 3.05) is 19.6 Å². The van der Waals surface area contributed by atoms with E-state index in [1.165, 1.54) is 4.90 Å². The van der Waals surface area contributed by atoms with Crippen LogP contribution in [0.2, 0.25) is 0 Å². The van der Waals surface area contributed by atoms with Crippen LogP contribution in [0.25, 0.3) is 0 Å². The summed E-state index contributed by atoms with van der Waals surface area (Å²) in [6, 6.07) is 1.09. The van der Waals surface area contributed by atoms with Gasteiger partial charge in [0.25, 0.3) is 0 Å². The van der Waals surface area contributed by atoms with Gasteiger partial charge in [-0.1, -0.05) is 44.2 Å². The van der Waals surface area contributed by atoms with Crippen LogP contribution in [0.5, 0.6) is 0 Å². The van der Waals surface area contributed by atoms with Crippen molar-refractivity contribution in [1.82, 2.24) is 31.5 Å². The van der Waals surface area contributed by atoms with Gasteiger partial charge < -0.3 is 58.3 Å². The number of carboxylic acid groups (broad SMARTS) is 3. The number of likely N-dealkylation sites (tertiary alicyclic amines) is 1. The minimum Gasteiger partial charge on any atom is -0.481 e. The van der Waals surface area contributed by atoms with Crippen LogP contribution >= 0.6 is 0 Å². The molecule has 0 aliphatic carbocycles. The Bertz CT molecular complexity index is 1580. The van der Waals surface area contributed by atoms with Crippen LogP contribution in [0.15, 0.2) is 30.3 Å². The summed E-state index contributed by atoms with van der Waals surface area (Å²) in [5, 5.41) is 40.2. The van der Waals surface area contributed by atoms with E-state index >= 15 is 0 Å². The van der Waals surface area contributed by atoms with Crippen LogP contribution in [0.3, 0.4) is 0 Å². The molecule has 1 aromatic carbocycles. The van der Waals surface area contributed by atoms with Crippen molar-refractivity contribution in [1.29, 1.82) is 0 Å². The van der Waals surface area contributed by atoms with Gasteiger partial charge in [0, 0.05) is 19.4 Å². The number of nitrogens with two attached hydrogens (primary N) is 2. The Labute approximate surface area is 330 Å². The van der Waals surface area contributed by atoms with Crippen molar-refractivity contribution in [2.24, 2.45) is 17.4 Å². The quantitative estimate of drug-likeness (QED) is 0.0488. The molecule has 316 valence electrons. The molecule has 6 amide bonds. The van der Waals surface area contributed by atoms with Crippen molar-refractivity contribution >= 4 is 53.4 Å². The Balaban J connectivity index is 2.19. The first-order valence-electron chi connectivity index (χ1n) is 18.9. The topological polar surface area (TPSA) is 330 Å². The summed E-state index contributed by atoms with van der Waals surface area (Å²) in [4.78, 5) is 115. The molecule has 2 rings (SSSR count). The van der Waals surface area contributed by atoms with Crippen molar-refractivity contribution in [3.8, 4) is 0 Å². The van der Waals surface area contributed by atoms with Gasteiger partial charge in [-0.3, -0.25) is 38.4 Å². The minimum atomic E-state index is -1.65. The molecular weight excluding hydrogens is 748 g/mol. The van der Waals surface area contributed by atoms with E-state index in [9.17, 15) is 53.4 Å². The molecule has 12 N–H and O–H groups in total. The fraction of sp³-hybridized carbons (Fsp3) is 0.595. The molecule has 6 atom stereocenters. The molecule has 0 aromatic heterocycles. The van der Waals surface area contributed by atoms with E-state index in [-0.39, 0.29) is 44.6 Å². The normalized spacial score (nSPS) is 16.3. The van der Waals surface area contributed by atoms with Gasteiger partial charge in [0.2, 0.25) is 35.4 Å². The summed E-state index contributed by atoms with van der Waals surface area (Å²) in [5.74, 6) is -8.79. The second-order valence-electron chi connectivity index (χ2n) is 14.3. The highest BCUT2D eigenvalue weighted by Crippen LogP contribution is 2.18. The lowest BCUT2D eigenvalue weighted by Crippen LogP contribution is -2.58. The number of rotatable bonds is 25. The van der Waals surface area contributed by atoms with Crippen molar-refractivity contribution in [3.05, 3.63) is 35.9 Å². The lowest BCUT2D eigenvalue weighted by molar-refractivity contribution is -0.143. The van der Waals surface area contributed by atoms with Crippen molar-refractivity contribution in [2.45, 2.75) is 114 Å². The monoisotopic (exact) mass is 804 g/mol. The minimum absolute atomic E-state index is 0.0149. The average Bonchev–Trinajstić information content (AvgIpc) is 3.65. The number of nitrogens with zero attached hydrogens (tertiary/aromatic N) is 1. The van der Waals surface area contributed by atoms with Crippen LogP contribution in [0.1, 0.15) is 77.2 Å². The van der Waals surface area contributed by atoms with Gasteiger partial charge >= 0.3 is 17.9 Å². The zero-order valence-corrected chi connectivity index (χ0v) is 32.2. The molecule has 0 bridgehead atoms. The highest BCUT2D eigenvalue weighted by Gasteiger charge is 2.37. The predicted octanol–water partition coefficient (Wildman–Crippen LogP) is -1.80. The first kappa shape index (κ1) is 47.5. The van der Waals surface area contributed by atoms with Crippen LogP contribution in [-0.2, 0) is 49.6 Å². The van der Waals surface area contributed by atoms with Crippen LogP contribution < -0.4 is 38.1 Å². The number of benzene rings is 1. The third-order valence-electron chi connectivity index (χ3n) is 9.12. The maximum Gasteiger partial charge on any atom is 0.326 e. The number of nitrogens with one attached hydrogen (secondary N) is 5. The lowest BCUT2D eigenvalue weighted by atomic mass is 10.0. The maximum absolute atomic E-state index is 13.8. The van der Waals surface area contributed by atoms with E-state index in [2.05, 4.69) is 26.6 Å². The molecule has 0 spiro atoms. The standard InChI is InChI=1S/C37H56N8O12/c1-21(2)17-27(37(56)57)44-35(54)25(18-22-9-4-3-5-10-22)43-34(53)24(11-6-7-15-38)41-36(55)28-12-8-16-45(28)29(46)20-40-33(52)26(19-31(49)50)42-32(51)23(39)13-14-30(47)48/h3-5,9-10,21,23-28H,6-8,11-20,38-39H2,1-2H3,(H,40,52)(H,41,55)(H,42,51)(H,43,53)(H,44,54)(H,47,48)(H,49,50)(H,56,57)/t23-,24-,25-,26-,27-,28-/m0/s1. The van der Waals surface area contributed by atoms with E-state index in [1.54, 1.807) is 30.3 Å². The first-order valence-corrected chi connectivity index (χ1v) is 18.9. The van der Waals surface area contributed by atoms with E-state index in [0.717, 1.165) is 0 Å². The molecule has 1 aliphatic heterocycles. The van der Waals surface area contributed by atoms with E-state index in [4.69, 9.17) is 16.6 Å². The van der Waals surface area contributed by atoms with E-state index < -0.39 is 109 Å². The number of hydrogen-bond acceptors (Lipinski definition) is 11. The zero-order chi connectivity index (χ0) is 42.7. The molecule has 1 aliphatic rings. The second kappa shape index (κ2) is 24.1. The van der Waals surface area contributed by atoms with Crippen molar-refractivity contribution in [3.63, 3.8) is 0 Å². The lowest BCUT2D eigenvalue weighted by Gasteiger charge is -2.28. The predicted molar refractivity (Wildman–Crippen MR) is 203 cm³/mol. The fourth-order valence-corrected chi connectivity index (χ4v) is 6.12. The molecule has 57 heavy (non-hydrogen) atoms. The van der Waals surface area contributed by atoms with E-state index in [0.29, 0.717) is 31.4 Å². The number of carbonyl (C=O) groups excluding carboxylic acids is 6. The summed E-state index contributed by atoms with van der Waals surface area (Å²) < 4.78 is 0. The van der Waals surface area contributed by atoms with Crippen LogP contribution in [-0.4, -0.2) is 129 Å².